The third-order valence-corrected chi connectivity index (χ3v) is 4.59. The van der Waals surface area contributed by atoms with Gasteiger partial charge in [0.2, 0.25) is 0 Å². The van der Waals surface area contributed by atoms with Gasteiger partial charge in [-0.25, -0.2) is 4.79 Å². The molecule has 128 valence electrons. The van der Waals surface area contributed by atoms with Gasteiger partial charge in [-0.3, -0.25) is 4.68 Å². The van der Waals surface area contributed by atoms with E-state index in [9.17, 15) is 9.90 Å². The fourth-order valence-electron chi connectivity index (χ4n) is 2.84. The smallest absolute Gasteiger partial charge is 0.336 e. The summed E-state index contributed by atoms with van der Waals surface area (Å²) in [7, 11) is 0. The van der Waals surface area contributed by atoms with E-state index < -0.39 is 5.97 Å². The molecule has 2 aromatic carbocycles. The molecule has 0 radical (unpaired) electrons. The molecule has 0 bridgehead atoms. The molecule has 1 aliphatic carbocycles. The van der Waals surface area contributed by atoms with Gasteiger partial charge < -0.3 is 9.84 Å². The van der Waals surface area contributed by atoms with Crippen molar-refractivity contribution in [2.75, 3.05) is 6.61 Å². The van der Waals surface area contributed by atoms with Crippen molar-refractivity contribution in [1.29, 1.82) is 0 Å². The third kappa shape index (κ3) is 3.46. The Balaban J connectivity index is 1.65. The first-order valence-electron chi connectivity index (χ1n) is 8.21. The minimum Gasteiger partial charge on any atom is -0.493 e. The van der Waals surface area contributed by atoms with E-state index in [0.29, 0.717) is 28.4 Å². The number of carboxylic acids is 1. The number of hydrogen-bond acceptors (Lipinski definition) is 3. The quantitative estimate of drug-likeness (QED) is 0.718. The molecule has 1 saturated carbocycles. The summed E-state index contributed by atoms with van der Waals surface area (Å²) in [4.78, 5) is 11.4. The molecule has 3 aromatic rings. The van der Waals surface area contributed by atoms with Crippen LogP contribution in [0.4, 0.5) is 0 Å². The summed E-state index contributed by atoms with van der Waals surface area (Å²) >= 11 is 6.14. The number of rotatable bonds is 6. The summed E-state index contributed by atoms with van der Waals surface area (Å²) in [5.74, 6) is 0.504. The second-order valence-electron chi connectivity index (χ2n) is 6.38. The molecule has 25 heavy (non-hydrogen) atoms. The number of hydrogen-bond donors (Lipinski definition) is 1. The minimum atomic E-state index is -0.957. The number of benzene rings is 2. The van der Waals surface area contributed by atoms with Crippen molar-refractivity contribution >= 4 is 28.5 Å². The van der Waals surface area contributed by atoms with Gasteiger partial charge in [0, 0.05) is 22.2 Å². The van der Waals surface area contributed by atoms with Crippen molar-refractivity contribution < 1.29 is 14.6 Å². The van der Waals surface area contributed by atoms with Gasteiger partial charge in [-0.2, -0.15) is 5.10 Å². The number of halogens is 1. The Bertz CT molecular complexity index is 947. The Hall–Kier alpha value is -2.53. The molecule has 0 saturated heterocycles. The second-order valence-corrected chi connectivity index (χ2v) is 6.81. The van der Waals surface area contributed by atoms with Gasteiger partial charge in [-0.05, 0) is 49.1 Å². The van der Waals surface area contributed by atoms with E-state index in [-0.39, 0.29) is 5.56 Å². The van der Waals surface area contributed by atoms with Gasteiger partial charge in [-0.1, -0.05) is 17.7 Å². The predicted octanol–water partition coefficient (Wildman–Crippen LogP) is 4.23. The second kappa shape index (κ2) is 6.41. The molecule has 1 fully saturated rings. The molecule has 1 aliphatic rings. The van der Waals surface area contributed by atoms with Crippen molar-refractivity contribution in [3.05, 3.63) is 58.7 Å². The molecule has 1 heterocycles. The zero-order valence-corrected chi connectivity index (χ0v) is 14.2. The molecule has 4 rings (SSSR count). The van der Waals surface area contributed by atoms with Crippen molar-refractivity contribution in [2.45, 2.75) is 19.4 Å². The molecular formula is C19H17ClN2O3. The number of aromatic nitrogens is 2. The molecule has 0 spiro atoms. The highest BCUT2D eigenvalue weighted by molar-refractivity contribution is 6.30. The number of fused-ring (bicyclic) bond motifs is 1. The molecule has 5 nitrogen and oxygen atoms in total. The number of aromatic carboxylic acids is 1. The van der Waals surface area contributed by atoms with Crippen LogP contribution in [0.15, 0.2) is 42.6 Å². The Labute approximate surface area is 149 Å². The van der Waals surface area contributed by atoms with E-state index in [1.165, 1.54) is 12.8 Å². The van der Waals surface area contributed by atoms with Crippen molar-refractivity contribution in [2.24, 2.45) is 5.92 Å². The average molecular weight is 357 g/mol. The van der Waals surface area contributed by atoms with Crippen LogP contribution in [0.3, 0.4) is 0 Å². The Morgan fingerprint density at radius 1 is 1.32 bits per heavy atom. The standard InChI is InChI=1S/C19H17ClN2O3/c20-14-6-7-18(25-11-12-4-5-12)13(8-14)9-22-10-16-15(19(23)24)2-1-3-17(16)21-22/h1-3,6-8,10,12H,4-5,9,11H2,(H,23,24). The van der Waals surface area contributed by atoms with Crippen LogP contribution in [0.5, 0.6) is 5.75 Å². The number of carboxylic acid groups (broad SMARTS) is 1. The maximum absolute atomic E-state index is 11.4. The molecule has 0 aliphatic heterocycles. The van der Waals surface area contributed by atoms with Gasteiger partial charge in [0.1, 0.15) is 5.75 Å². The first kappa shape index (κ1) is 16.0. The summed E-state index contributed by atoms with van der Waals surface area (Å²) in [6.07, 6.45) is 4.21. The van der Waals surface area contributed by atoms with Crippen LogP contribution >= 0.6 is 11.6 Å². The molecule has 0 amide bonds. The van der Waals surface area contributed by atoms with Crippen molar-refractivity contribution in [1.82, 2.24) is 9.78 Å². The topological polar surface area (TPSA) is 64.3 Å². The normalized spacial score (nSPS) is 14.0. The van der Waals surface area contributed by atoms with Crippen LogP contribution < -0.4 is 4.74 Å². The molecular weight excluding hydrogens is 340 g/mol. The van der Waals surface area contributed by atoms with Crippen LogP contribution in [-0.2, 0) is 6.54 Å². The largest absolute Gasteiger partial charge is 0.493 e. The maximum atomic E-state index is 11.4. The fraction of sp³-hybridized carbons (Fsp3) is 0.263. The zero-order chi connectivity index (χ0) is 17.4. The minimum absolute atomic E-state index is 0.250. The van der Waals surface area contributed by atoms with Gasteiger partial charge in [0.25, 0.3) is 0 Å². The summed E-state index contributed by atoms with van der Waals surface area (Å²) in [6, 6.07) is 10.7. The number of nitrogens with zero attached hydrogens (tertiary/aromatic N) is 2. The number of ether oxygens (including phenoxy) is 1. The van der Waals surface area contributed by atoms with Crippen LogP contribution in [0.1, 0.15) is 28.8 Å². The Kier molecular flexibility index (Phi) is 4.09. The van der Waals surface area contributed by atoms with Gasteiger partial charge in [0.05, 0.1) is 24.2 Å². The lowest BCUT2D eigenvalue weighted by atomic mass is 10.1. The Morgan fingerprint density at radius 3 is 2.92 bits per heavy atom. The lowest BCUT2D eigenvalue weighted by Gasteiger charge is -2.12. The molecule has 6 heteroatoms. The first-order chi connectivity index (χ1) is 12.1. The summed E-state index contributed by atoms with van der Waals surface area (Å²) in [6.45, 7) is 1.19. The third-order valence-electron chi connectivity index (χ3n) is 4.35. The van der Waals surface area contributed by atoms with Crippen molar-refractivity contribution in [3.63, 3.8) is 0 Å². The van der Waals surface area contributed by atoms with Gasteiger partial charge in [0.15, 0.2) is 0 Å². The summed E-state index contributed by atoms with van der Waals surface area (Å²) < 4.78 is 7.66. The van der Waals surface area contributed by atoms with Crippen LogP contribution in [0.25, 0.3) is 10.9 Å². The average Bonchev–Trinajstić information content (AvgIpc) is 3.31. The molecule has 0 unspecified atom stereocenters. The zero-order valence-electron chi connectivity index (χ0n) is 13.5. The van der Waals surface area contributed by atoms with E-state index in [4.69, 9.17) is 16.3 Å². The van der Waals surface area contributed by atoms with Crippen LogP contribution in [0.2, 0.25) is 5.02 Å². The van der Waals surface area contributed by atoms with E-state index in [1.807, 2.05) is 18.2 Å². The van der Waals surface area contributed by atoms with Crippen LogP contribution in [0, 0.1) is 5.92 Å². The maximum Gasteiger partial charge on any atom is 0.336 e. The molecule has 0 atom stereocenters. The highest BCUT2D eigenvalue weighted by atomic mass is 35.5. The number of carbonyl (C=O) groups is 1. The molecule has 1 aromatic heterocycles. The SMILES string of the molecule is O=C(O)c1cccc2nn(Cc3cc(Cl)ccc3OCC3CC3)cc12. The van der Waals surface area contributed by atoms with Crippen LogP contribution in [-0.4, -0.2) is 27.5 Å². The van der Waals surface area contributed by atoms with E-state index in [1.54, 1.807) is 29.1 Å². The Morgan fingerprint density at radius 2 is 2.16 bits per heavy atom. The lowest BCUT2D eigenvalue weighted by Crippen LogP contribution is -2.06. The van der Waals surface area contributed by atoms with Gasteiger partial charge in [-0.15, -0.1) is 0 Å². The summed E-state index contributed by atoms with van der Waals surface area (Å²) in [5, 5.41) is 15.1. The first-order valence-corrected chi connectivity index (χ1v) is 8.58. The lowest BCUT2D eigenvalue weighted by molar-refractivity contribution is 0.0699. The highest BCUT2D eigenvalue weighted by Gasteiger charge is 2.22. The van der Waals surface area contributed by atoms with Gasteiger partial charge >= 0.3 is 5.97 Å². The molecule has 1 N–H and O–H groups in total. The van der Waals surface area contributed by atoms with E-state index >= 15 is 0 Å². The van der Waals surface area contributed by atoms with E-state index in [2.05, 4.69) is 5.10 Å². The van der Waals surface area contributed by atoms with E-state index in [0.717, 1.165) is 17.9 Å². The predicted molar refractivity (Wildman–Crippen MR) is 95.5 cm³/mol. The van der Waals surface area contributed by atoms with Crippen molar-refractivity contribution in [3.8, 4) is 5.75 Å². The monoisotopic (exact) mass is 356 g/mol. The summed E-state index contributed by atoms with van der Waals surface area (Å²) in [5.41, 5.74) is 1.83. The highest BCUT2D eigenvalue weighted by Crippen LogP contribution is 2.31. The fourth-order valence-corrected chi connectivity index (χ4v) is 3.03.